The maximum absolute atomic E-state index is 12.4. The summed E-state index contributed by atoms with van der Waals surface area (Å²) in [5.74, 6) is 0.821. The maximum Gasteiger partial charge on any atom is 0.410 e. The predicted molar refractivity (Wildman–Crippen MR) is 94.6 cm³/mol. The van der Waals surface area contributed by atoms with Crippen LogP contribution in [0, 0.1) is 5.92 Å². The summed E-state index contributed by atoms with van der Waals surface area (Å²) < 4.78 is 5.57. The average molecular weight is 325 g/mol. The second-order valence-electron chi connectivity index (χ2n) is 8.43. The van der Waals surface area contributed by atoms with E-state index >= 15 is 0 Å². The summed E-state index contributed by atoms with van der Waals surface area (Å²) in [6, 6.07) is 0.615. The van der Waals surface area contributed by atoms with E-state index in [0.717, 1.165) is 31.8 Å². The first kappa shape index (κ1) is 18.6. The number of carbonyl (C=O) groups is 1. The monoisotopic (exact) mass is 324 g/mol. The summed E-state index contributed by atoms with van der Waals surface area (Å²) in [5, 5.41) is 3.77. The minimum absolute atomic E-state index is 0.161. The Balaban J connectivity index is 1.83. The van der Waals surface area contributed by atoms with E-state index in [1.165, 1.54) is 38.5 Å². The van der Waals surface area contributed by atoms with Crippen LogP contribution in [-0.4, -0.2) is 41.8 Å². The first-order valence-electron chi connectivity index (χ1n) is 9.60. The quantitative estimate of drug-likeness (QED) is 0.785. The van der Waals surface area contributed by atoms with E-state index in [2.05, 4.69) is 12.2 Å². The fourth-order valence-electron chi connectivity index (χ4n) is 3.88. The molecule has 0 radical (unpaired) electrons. The van der Waals surface area contributed by atoms with Gasteiger partial charge >= 0.3 is 6.09 Å². The molecule has 0 bridgehead atoms. The second kappa shape index (κ2) is 8.36. The number of likely N-dealkylation sites (tertiary alicyclic amines) is 1. The van der Waals surface area contributed by atoms with Gasteiger partial charge in [-0.05, 0) is 65.8 Å². The SMILES string of the molecule is CC1C(NCC2CCCCCC2)CCCN1C(=O)OC(C)(C)C. The van der Waals surface area contributed by atoms with E-state index < -0.39 is 5.60 Å². The normalized spacial score (nSPS) is 27.6. The third-order valence-electron chi connectivity index (χ3n) is 5.26. The Morgan fingerprint density at radius 1 is 1.09 bits per heavy atom. The van der Waals surface area contributed by atoms with Gasteiger partial charge in [0.1, 0.15) is 5.60 Å². The van der Waals surface area contributed by atoms with Gasteiger partial charge in [-0.1, -0.05) is 25.7 Å². The number of carbonyl (C=O) groups excluding carboxylic acids is 1. The van der Waals surface area contributed by atoms with Crippen LogP contribution in [0.2, 0.25) is 0 Å². The lowest BCUT2D eigenvalue weighted by Gasteiger charge is -2.40. The van der Waals surface area contributed by atoms with Crippen LogP contribution in [0.3, 0.4) is 0 Å². The van der Waals surface area contributed by atoms with Crippen molar-refractivity contribution in [3.63, 3.8) is 0 Å². The molecule has 2 unspecified atom stereocenters. The van der Waals surface area contributed by atoms with Crippen LogP contribution in [0.15, 0.2) is 0 Å². The Bertz CT molecular complexity index is 370. The van der Waals surface area contributed by atoms with E-state index in [4.69, 9.17) is 4.74 Å². The molecule has 1 heterocycles. The van der Waals surface area contributed by atoms with Gasteiger partial charge in [-0.15, -0.1) is 0 Å². The number of nitrogens with one attached hydrogen (secondary N) is 1. The van der Waals surface area contributed by atoms with E-state index in [1.54, 1.807) is 0 Å². The van der Waals surface area contributed by atoms with Crippen LogP contribution in [0.4, 0.5) is 4.79 Å². The number of rotatable bonds is 3. The summed E-state index contributed by atoms with van der Waals surface area (Å²) in [6.07, 6.45) is 10.4. The standard InChI is InChI=1S/C19H36N2O2/c1-15-17(20-14-16-10-7-5-6-8-11-16)12-9-13-21(15)18(22)23-19(2,3)4/h15-17,20H,5-14H2,1-4H3. The first-order chi connectivity index (χ1) is 10.9. The molecule has 2 aliphatic rings. The number of amides is 1. The van der Waals surface area contributed by atoms with E-state index in [-0.39, 0.29) is 12.1 Å². The molecule has 23 heavy (non-hydrogen) atoms. The molecular weight excluding hydrogens is 288 g/mol. The zero-order chi connectivity index (χ0) is 16.9. The van der Waals surface area contributed by atoms with E-state index in [0.29, 0.717) is 6.04 Å². The van der Waals surface area contributed by atoms with Gasteiger partial charge in [-0.3, -0.25) is 0 Å². The number of ether oxygens (including phenoxy) is 1. The first-order valence-corrected chi connectivity index (χ1v) is 9.60. The predicted octanol–water partition coefficient (Wildman–Crippen LogP) is 4.33. The van der Waals surface area contributed by atoms with Gasteiger partial charge in [0, 0.05) is 18.6 Å². The van der Waals surface area contributed by atoms with Crippen LogP contribution in [-0.2, 0) is 4.74 Å². The van der Waals surface area contributed by atoms with Gasteiger partial charge in [0.05, 0.1) is 0 Å². The Labute approximate surface area is 142 Å². The zero-order valence-electron chi connectivity index (χ0n) is 15.6. The molecule has 1 aliphatic heterocycles. The topological polar surface area (TPSA) is 41.6 Å². The Hall–Kier alpha value is -0.770. The summed E-state index contributed by atoms with van der Waals surface area (Å²) in [4.78, 5) is 14.3. The van der Waals surface area contributed by atoms with E-state index in [9.17, 15) is 4.79 Å². The lowest BCUT2D eigenvalue weighted by molar-refractivity contribution is 0.00684. The Kier molecular flexibility index (Phi) is 6.75. The highest BCUT2D eigenvalue weighted by Gasteiger charge is 2.33. The smallest absolute Gasteiger partial charge is 0.410 e. The number of nitrogens with zero attached hydrogens (tertiary/aromatic N) is 1. The van der Waals surface area contributed by atoms with E-state index in [1.807, 2.05) is 25.7 Å². The molecule has 1 saturated heterocycles. The third-order valence-corrected chi connectivity index (χ3v) is 5.26. The largest absolute Gasteiger partial charge is 0.444 e. The van der Waals surface area contributed by atoms with Gasteiger partial charge in [0.2, 0.25) is 0 Å². The van der Waals surface area contributed by atoms with Gasteiger partial charge < -0.3 is 15.0 Å². The van der Waals surface area contributed by atoms with Crippen LogP contribution in [0.25, 0.3) is 0 Å². The summed E-state index contributed by atoms with van der Waals surface area (Å²) in [7, 11) is 0. The molecule has 1 aliphatic carbocycles. The van der Waals surface area contributed by atoms with Gasteiger partial charge in [0.25, 0.3) is 0 Å². The third kappa shape index (κ3) is 5.98. The lowest BCUT2D eigenvalue weighted by Crippen LogP contribution is -2.56. The minimum Gasteiger partial charge on any atom is -0.444 e. The Morgan fingerprint density at radius 2 is 1.74 bits per heavy atom. The van der Waals surface area contributed by atoms with Crippen molar-refractivity contribution in [3.8, 4) is 0 Å². The highest BCUT2D eigenvalue weighted by molar-refractivity contribution is 5.68. The van der Waals surface area contributed by atoms with Crippen molar-refractivity contribution < 1.29 is 9.53 Å². The molecule has 2 fully saturated rings. The molecule has 134 valence electrons. The number of piperidine rings is 1. The molecule has 2 atom stereocenters. The van der Waals surface area contributed by atoms with Crippen LogP contribution in [0.1, 0.15) is 79.1 Å². The minimum atomic E-state index is -0.419. The van der Waals surface area contributed by atoms with Crippen molar-refractivity contribution in [3.05, 3.63) is 0 Å². The number of hydrogen-bond donors (Lipinski definition) is 1. The van der Waals surface area contributed by atoms with Crippen LogP contribution >= 0.6 is 0 Å². The molecular formula is C19H36N2O2. The highest BCUT2D eigenvalue weighted by atomic mass is 16.6. The Morgan fingerprint density at radius 3 is 2.35 bits per heavy atom. The van der Waals surface area contributed by atoms with Crippen molar-refractivity contribution in [1.82, 2.24) is 10.2 Å². The number of hydrogen-bond acceptors (Lipinski definition) is 3. The summed E-state index contributed by atoms with van der Waals surface area (Å²) in [5.41, 5.74) is -0.419. The lowest BCUT2D eigenvalue weighted by atomic mass is 9.95. The van der Waals surface area contributed by atoms with Gasteiger partial charge in [-0.25, -0.2) is 4.79 Å². The highest BCUT2D eigenvalue weighted by Crippen LogP contribution is 2.24. The molecule has 4 nitrogen and oxygen atoms in total. The average Bonchev–Trinajstić information content (AvgIpc) is 2.73. The molecule has 0 spiro atoms. The molecule has 0 aromatic rings. The van der Waals surface area contributed by atoms with Gasteiger partial charge in [-0.2, -0.15) is 0 Å². The molecule has 0 aromatic heterocycles. The molecule has 1 amide bonds. The van der Waals surface area contributed by atoms with Crippen molar-refractivity contribution in [2.45, 2.75) is 96.7 Å². The zero-order valence-corrected chi connectivity index (χ0v) is 15.6. The second-order valence-corrected chi connectivity index (χ2v) is 8.43. The summed E-state index contributed by atoms with van der Waals surface area (Å²) >= 11 is 0. The van der Waals surface area contributed by atoms with Crippen molar-refractivity contribution in [2.75, 3.05) is 13.1 Å². The van der Waals surface area contributed by atoms with Crippen LogP contribution < -0.4 is 5.32 Å². The van der Waals surface area contributed by atoms with Crippen molar-refractivity contribution in [2.24, 2.45) is 5.92 Å². The molecule has 1 saturated carbocycles. The van der Waals surface area contributed by atoms with Gasteiger partial charge in [0.15, 0.2) is 0 Å². The molecule has 0 aromatic carbocycles. The summed E-state index contributed by atoms with van der Waals surface area (Å²) in [6.45, 7) is 9.88. The molecule has 1 N–H and O–H groups in total. The maximum atomic E-state index is 12.4. The fourth-order valence-corrected chi connectivity index (χ4v) is 3.88. The van der Waals surface area contributed by atoms with Crippen molar-refractivity contribution in [1.29, 1.82) is 0 Å². The molecule has 4 heteroatoms. The fraction of sp³-hybridized carbons (Fsp3) is 0.947. The van der Waals surface area contributed by atoms with Crippen molar-refractivity contribution >= 4 is 6.09 Å². The van der Waals surface area contributed by atoms with Crippen LogP contribution in [0.5, 0.6) is 0 Å². The molecule has 2 rings (SSSR count).